The van der Waals surface area contributed by atoms with Crippen LogP contribution in [-0.2, 0) is 20.8 Å². The third-order valence-corrected chi connectivity index (χ3v) is 5.07. The maximum Gasteiger partial charge on any atom is 0.227 e. The first-order valence-electron chi connectivity index (χ1n) is 8.54. The van der Waals surface area contributed by atoms with Crippen LogP contribution in [0.15, 0.2) is 18.2 Å². The molecule has 1 aliphatic carbocycles. The Bertz CT molecular complexity index is 726. The molecule has 0 aromatic heterocycles. The van der Waals surface area contributed by atoms with Gasteiger partial charge in [0.05, 0.1) is 5.92 Å². The molecule has 6 nitrogen and oxygen atoms in total. The van der Waals surface area contributed by atoms with E-state index in [0.29, 0.717) is 19.1 Å². The lowest BCUT2D eigenvalue weighted by Crippen LogP contribution is -2.34. The molecular formula is C18H21N3O3. The molecule has 3 aliphatic rings. The minimum atomic E-state index is -0.264. The van der Waals surface area contributed by atoms with E-state index in [4.69, 9.17) is 0 Å². The molecule has 3 amide bonds. The number of rotatable bonds is 3. The Balaban J connectivity index is 1.51. The summed E-state index contributed by atoms with van der Waals surface area (Å²) in [5.41, 5.74) is 2.84. The van der Waals surface area contributed by atoms with Gasteiger partial charge >= 0.3 is 0 Å². The van der Waals surface area contributed by atoms with Crippen molar-refractivity contribution in [2.45, 2.75) is 38.6 Å². The fraction of sp³-hybridized carbons (Fsp3) is 0.500. The number of hydrogen-bond donors (Lipinski definition) is 1. The molecule has 4 rings (SSSR count). The van der Waals surface area contributed by atoms with Crippen molar-refractivity contribution >= 4 is 29.1 Å². The Hall–Kier alpha value is -2.37. The molecule has 1 aromatic rings. The fourth-order valence-electron chi connectivity index (χ4n) is 3.56. The SMILES string of the molecule is CC(=O)N1CCc2cc(N3CC(C(=O)NC4CC4)CC3=O)ccc21. The highest BCUT2D eigenvalue weighted by Crippen LogP contribution is 2.34. The molecule has 24 heavy (non-hydrogen) atoms. The number of benzene rings is 1. The van der Waals surface area contributed by atoms with Crippen LogP contribution in [0, 0.1) is 5.92 Å². The fourth-order valence-corrected chi connectivity index (χ4v) is 3.56. The number of carbonyl (C=O) groups is 3. The van der Waals surface area contributed by atoms with Crippen molar-refractivity contribution in [1.29, 1.82) is 0 Å². The van der Waals surface area contributed by atoms with Crippen molar-refractivity contribution in [2.24, 2.45) is 5.92 Å². The summed E-state index contributed by atoms with van der Waals surface area (Å²) in [6, 6.07) is 6.08. The van der Waals surface area contributed by atoms with Crippen molar-refractivity contribution in [1.82, 2.24) is 5.32 Å². The molecule has 1 N–H and O–H groups in total. The van der Waals surface area contributed by atoms with E-state index < -0.39 is 0 Å². The Labute approximate surface area is 140 Å². The van der Waals surface area contributed by atoms with E-state index in [2.05, 4.69) is 5.32 Å². The molecule has 1 aromatic carbocycles. The summed E-state index contributed by atoms with van der Waals surface area (Å²) in [7, 11) is 0. The van der Waals surface area contributed by atoms with Gasteiger partial charge in [-0.3, -0.25) is 14.4 Å². The summed E-state index contributed by atoms with van der Waals surface area (Å²) < 4.78 is 0. The van der Waals surface area contributed by atoms with Crippen LogP contribution in [0.3, 0.4) is 0 Å². The summed E-state index contributed by atoms with van der Waals surface area (Å²) in [5.74, 6) is -0.236. The van der Waals surface area contributed by atoms with Crippen molar-refractivity contribution in [3.8, 4) is 0 Å². The Morgan fingerprint density at radius 1 is 1.25 bits per heavy atom. The number of nitrogens with one attached hydrogen (secondary N) is 1. The van der Waals surface area contributed by atoms with Gasteiger partial charge in [0, 0.05) is 43.9 Å². The summed E-state index contributed by atoms with van der Waals surface area (Å²) >= 11 is 0. The third kappa shape index (κ3) is 2.66. The van der Waals surface area contributed by atoms with Gasteiger partial charge in [0.1, 0.15) is 0 Å². The van der Waals surface area contributed by atoms with Crippen LogP contribution in [0.25, 0.3) is 0 Å². The molecule has 2 heterocycles. The topological polar surface area (TPSA) is 69.7 Å². The van der Waals surface area contributed by atoms with Gasteiger partial charge < -0.3 is 15.1 Å². The van der Waals surface area contributed by atoms with E-state index in [9.17, 15) is 14.4 Å². The molecule has 6 heteroatoms. The van der Waals surface area contributed by atoms with Gasteiger partial charge in [-0.2, -0.15) is 0 Å². The van der Waals surface area contributed by atoms with Gasteiger partial charge in [-0.1, -0.05) is 0 Å². The second-order valence-electron chi connectivity index (χ2n) is 6.92. The number of nitrogens with zero attached hydrogens (tertiary/aromatic N) is 2. The first-order chi connectivity index (χ1) is 11.5. The summed E-state index contributed by atoms with van der Waals surface area (Å²) in [6.45, 7) is 2.69. The van der Waals surface area contributed by atoms with E-state index in [1.807, 2.05) is 18.2 Å². The Kier molecular flexibility index (Phi) is 3.55. The quantitative estimate of drug-likeness (QED) is 0.908. The Morgan fingerprint density at radius 2 is 2.04 bits per heavy atom. The Morgan fingerprint density at radius 3 is 2.75 bits per heavy atom. The molecule has 0 bridgehead atoms. The molecule has 1 unspecified atom stereocenters. The lowest BCUT2D eigenvalue weighted by atomic mass is 10.1. The largest absolute Gasteiger partial charge is 0.353 e. The van der Waals surface area contributed by atoms with Gasteiger partial charge in [0.2, 0.25) is 17.7 Å². The van der Waals surface area contributed by atoms with E-state index in [0.717, 1.165) is 36.2 Å². The van der Waals surface area contributed by atoms with Gasteiger partial charge in [0.25, 0.3) is 0 Å². The maximum atomic E-state index is 12.3. The predicted octanol–water partition coefficient (Wildman–Crippen LogP) is 1.23. The number of hydrogen-bond acceptors (Lipinski definition) is 3. The normalized spacial score (nSPS) is 22.7. The summed E-state index contributed by atoms with van der Waals surface area (Å²) in [4.78, 5) is 39.6. The zero-order valence-corrected chi connectivity index (χ0v) is 13.7. The molecule has 0 radical (unpaired) electrons. The van der Waals surface area contributed by atoms with Crippen LogP contribution in [0.2, 0.25) is 0 Å². The average molecular weight is 327 g/mol. The molecule has 0 spiro atoms. The molecule has 1 atom stereocenters. The van der Waals surface area contributed by atoms with E-state index in [1.165, 1.54) is 0 Å². The second kappa shape index (κ2) is 5.61. The minimum absolute atomic E-state index is 0.00253. The van der Waals surface area contributed by atoms with Gasteiger partial charge in [0.15, 0.2) is 0 Å². The third-order valence-electron chi connectivity index (χ3n) is 5.07. The molecule has 2 fully saturated rings. The van der Waals surface area contributed by atoms with Crippen molar-refractivity contribution in [3.63, 3.8) is 0 Å². The van der Waals surface area contributed by atoms with Crippen LogP contribution < -0.4 is 15.1 Å². The van der Waals surface area contributed by atoms with E-state index in [1.54, 1.807) is 16.7 Å². The second-order valence-corrected chi connectivity index (χ2v) is 6.92. The van der Waals surface area contributed by atoms with Crippen LogP contribution >= 0.6 is 0 Å². The average Bonchev–Trinajstić information content (AvgIpc) is 3.11. The smallest absolute Gasteiger partial charge is 0.227 e. The lowest BCUT2D eigenvalue weighted by molar-refractivity contribution is -0.126. The van der Waals surface area contributed by atoms with Crippen LogP contribution in [-0.4, -0.2) is 36.9 Å². The van der Waals surface area contributed by atoms with E-state index >= 15 is 0 Å². The highest BCUT2D eigenvalue weighted by molar-refractivity contribution is 6.01. The number of fused-ring (bicyclic) bond motifs is 1. The zero-order chi connectivity index (χ0) is 16.8. The first-order valence-corrected chi connectivity index (χ1v) is 8.54. The zero-order valence-electron chi connectivity index (χ0n) is 13.7. The first kappa shape index (κ1) is 15.2. The van der Waals surface area contributed by atoms with Crippen LogP contribution in [0.1, 0.15) is 31.7 Å². The monoisotopic (exact) mass is 327 g/mol. The van der Waals surface area contributed by atoms with Crippen LogP contribution in [0.4, 0.5) is 11.4 Å². The van der Waals surface area contributed by atoms with Crippen molar-refractivity contribution in [2.75, 3.05) is 22.9 Å². The molecule has 1 saturated heterocycles. The molecule has 1 saturated carbocycles. The summed E-state index contributed by atoms with van der Waals surface area (Å²) in [5, 5.41) is 2.99. The predicted molar refractivity (Wildman–Crippen MR) is 89.8 cm³/mol. The number of amides is 3. The maximum absolute atomic E-state index is 12.3. The van der Waals surface area contributed by atoms with Crippen LogP contribution in [0.5, 0.6) is 0 Å². The highest BCUT2D eigenvalue weighted by Gasteiger charge is 2.37. The van der Waals surface area contributed by atoms with E-state index in [-0.39, 0.29) is 30.1 Å². The molecular weight excluding hydrogens is 306 g/mol. The van der Waals surface area contributed by atoms with Gasteiger partial charge in [-0.25, -0.2) is 0 Å². The lowest BCUT2D eigenvalue weighted by Gasteiger charge is -2.19. The van der Waals surface area contributed by atoms with Gasteiger partial charge in [-0.15, -0.1) is 0 Å². The minimum Gasteiger partial charge on any atom is -0.353 e. The standard InChI is InChI=1S/C18H21N3O3/c1-11(22)20-7-6-12-8-15(4-5-16(12)20)21-10-13(9-17(21)23)18(24)19-14-2-3-14/h4-5,8,13-14H,2-3,6-7,9-10H2,1H3,(H,19,24). The van der Waals surface area contributed by atoms with Crippen molar-refractivity contribution < 1.29 is 14.4 Å². The number of carbonyl (C=O) groups excluding carboxylic acids is 3. The molecule has 2 aliphatic heterocycles. The van der Waals surface area contributed by atoms with Crippen molar-refractivity contribution in [3.05, 3.63) is 23.8 Å². The molecule has 126 valence electrons. The van der Waals surface area contributed by atoms with Gasteiger partial charge in [-0.05, 0) is 43.0 Å². The summed E-state index contributed by atoms with van der Waals surface area (Å²) in [6.07, 6.45) is 3.17. The highest BCUT2D eigenvalue weighted by atomic mass is 16.2. The number of anilines is 2.